The summed E-state index contributed by atoms with van der Waals surface area (Å²) in [6.07, 6.45) is -3.60. The zero-order chi connectivity index (χ0) is 11.1. The van der Waals surface area contributed by atoms with Gasteiger partial charge in [-0.3, -0.25) is 9.89 Å². The van der Waals surface area contributed by atoms with Gasteiger partial charge in [-0.05, 0) is 0 Å². The first-order valence-electron chi connectivity index (χ1n) is 3.78. The van der Waals surface area contributed by atoms with Crippen molar-refractivity contribution in [3.8, 4) is 5.88 Å². The Morgan fingerprint density at radius 3 is 2.80 bits per heavy atom. The van der Waals surface area contributed by atoms with Gasteiger partial charge in [-0.15, -0.1) is 13.2 Å². The summed E-state index contributed by atoms with van der Waals surface area (Å²) in [6.45, 7) is 0. The lowest BCUT2D eigenvalue weighted by Crippen LogP contribution is -2.18. The highest BCUT2D eigenvalue weighted by Crippen LogP contribution is 2.21. The predicted molar refractivity (Wildman–Crippen MR) is 42.5 cm³/mol. The van der Waals surface area contributed by atoms with Gasteiger partial charge in [0.15, 0.2) is 5.65 Å². The molecule has 0 saturated heterocycles. The van der Waals surface area contributed by atoms with Crippen molar-refractivity contribution in [1.29, 1.82) is 0 Å². The number of hydrogen-bond acceptors (Lipinski definition) is 3. The smallest absolute Gasteiger partial charge is 0.388 e. The lowest BCUT2D eigenvalue weighted by molar-refractivity contribution is -0.276. The van der Waals surface area contributed by atoms with E-state index in [-0.39, 0.29) is 5.65 Å². The first-order chi connectivity index (χ1) is 6.96. The number of aromatic nitrogens is 3. The van der Waals surface area contributed by atoms with Gasteiger partial charge in [-0.2, -0.15) is 4.52 Å². The highest BCUT2D eigenvalue weighted by atomic mass is 19.4. The summed E-state index contributed by atoms with van der Waals surface area (Å²) >= 11 is 0. The van der Waals surface area contributed by atoms with Gasteiger partial charge in [-0.25, -0.2) is 4.98 Å². The quantitative estimate of drug-likeness (QED) is 0.775. The molecule has 0 atom stereocenters. The summed E-state index contributed by atoms with van der Waals surface area (Å²) in [5.74, 6) is -0.585. The van der Waals surface area contributed by atoms with E-state index in [2.05, 4.69) is 14.8 Å². The van der Waals surface area contributed by atoms with E-state index in [1.165, 1.54) is 6.20 Å². The number of alkyl halides is 3. The molecule has 0 aromatic carbocycles. The number of aromatic amines is 1. The van der Waals surface area contributed by atoms with Crippen molar-refractivity contribution in [2.45, 2.75) is 6.36 Å². The third-order valence-electron chi connectivity index (χ3n) is 1.58. The van der Waals surface area contributed by atoms with Crippen LogP contribution in [0.2, 0.25) is 0 Å². The van der Waals surface area contributed by atoms with Crippen LogP contribution in [0.1, 0.15) is 0 Å². The van der Waals surface area contributed by atoms with E-state index in [0.29, 0.717) is 0 Å². The molecule has 2 aromatic rings. The Labute approximate surface area is 80.1 Å². The van der Waals surface area contributed by atoms with Crippen LogP contribution >= 0.6 is 0 Å². The minimum absolute atomic E-state index is 0.0572. The SMILES string of the molecule is O=c1ccnc2cc(OC(F)(F)F)[nH]n12. The van der Waals surface area contributed by atoms with Crippen LogP contribution in [0.3, 0.4) is 0 Å². The van der Waals surface area contributed by atoms with Crippen LogP contribution in [0, 0.1) is 0 Å². The number of ether oxygens (including phenoxy) is 1. The first-order valence-corrected chi connectivity index (χ1v) is 3.78. The third kappa shape index (κ3) is 1.92. The molecule has 0 spiro atoms. The molecule has 8 heteroatoms. The number of nitrogens with zero attached hydrogens (tertiary/aromatic N) is 2. The molecule has 0 aliphatic rings. The Balaban J connectivity index is 2.48. The van der Waals surface area contributed by atoms with Gasteiger partial charge in [0.05, 0.1) is 0 Å². The van der Waals surface area contributed by atoms with Crippen LogP contribution in [0.15, 0.2) is 23.1 Å². The zero-order valence-electron chi connectivity index (χ0n) is 7.08. The average molecular weight is 219 g/mol. The fraction of sp³-hybridized carbons (Fsp3) is 0.143. The fourth-order valence-electron chi connectivity index (χ4n) is 1.07. The molecule has 0 aliphatic heterocycles. The second-order valence-corrected chi connectivity index (χ2v) is 2.64. The minimum atomic E-state index is -4.80. The molecule has 5 nitrogen and oxygen atoms in total. The van der Waals surface area contributed by atoms with E-state index in [4.69, 9.17) is 0 Å². The Bertz CT molecular complexity index is 542. The standard InChI is InChI=1S/C7H4F3N3O2/c8-7(9,10)15-5-3-4-11-2-1-6(14)13(4)12-5/h1-3,12H. The van der Waals surface area contributed by atoms with E-state index >= 15 is 0 Å². The van der Waals surface area contributed by atoms with Gasteiger partial charge in [0.2, 0.25) is 5.88 Å². The molecule has 0 amide bonds. The van der Waals surface area contributed by atoms with Crippen LogP contribution in [-0.2, 0) is 0 Å². The lowest BCUT2D eigenvalue weighted by atomic mass is 10.6. The molecule has 2 aromatic heterocycles. The summed E-state index contributed by atoms with van der Waals surface area (Å²) < 4.78 is 39.9. The van der Waals surface area contributed by atoms with E-state index in [1.807, 2.05) is 0 Å². The molecule has 0 saturated carbocycles. The number of nitrogens with one attached hydrogen (secondary N) is 1. The van der Waals surface area contributed by atoms with Crippen LogP contribution in [0.4, 0.5) is 13.2 Å². The van der Waals surface area contributed by atoms with E-state index < -0.39 is 17.8 Å². The molecule has 0 aliphatic carbocycles. The molecular weight excluding hydrogens is 215 g/mol. The topological polar surface area (TPSA) is 59.4 Å². The molecule has 0 bridgehead atoms. The second kappa shape index (κ2) is 3.01. The van der Waals surface area contributed by atoms with Crippen molar-refractivity contribution in [2.24, 2.45) is 0 Å². The van der Waals surface area contributed by atoms with Crippen LogP contribution in [-0.4, -0.2) is 21.0 Å². The highest BCUT2D eigenvalue weighted by Gasteiger charge is 2.32. The maximum Gasteiger partial charge on any atom is 0.574 e. The molecule has 0 radical (unpaired) electrons. The monoisotopic (exact) mass is 219 g/mol. The van der Waals surface area contributed by atoms with Gasteiger partial charge in [0, 0.05) is 18.3 Å². The first kappa shape index (κ1) is 9.56. The minimum Gasteiger partial charge on any atom is -0.388 e. The lowest BCUT2D eigenvalue weighted by Gasteiger charge is -2.04. The summed E-state index contributed by atoms with van der Waals surface area (Å²) in [4.78, 5) is 14.8. The maximum atomic E-state index is 11.8. The van der Waals surface area contributed by atoms with E-state index in [0.717, 1.165) is 16.6 Å². The third-order valence-corrected chi connectivity index (χ3v) is 1.58. The van der Waals surface area contributed by atoms with Gasteiger partial charge in [0.25, 0.3) is 5.56 Å². The Morgan fingerprint density at radius 1 is 1.47 bits per heavy atom. The Hall–Kier alpha value is -1.99. The molecule has 1 N–H and O–H groups in total. The zero-order valence-corrected chi connectivity index (χ0v) is 7.08. The number of halogens is 3. The van der Waals surface area contributed by atoms with Crippen molar-refractivity contribution in [3.63, 3.8) is 0 Å². The summed E-state index contributed by atoms with van der Waals surface area (Å²) in [5, 5.41) is 2.12. The molecule has 2 rings (SSSR count). The molecule has 15 heavy (non-hydrogen) atoms. The predicted octanol–water partition coefficient (Wildman–Crippen LogP) is 0.921. The van der Waals surface area contributed by atoms with Crippen molar-refractivity contribution < 1.29 is 17.9 Å². The summed E-state index contributed by atoms with van der Waals surface area (Å²) in [6, 6.07) is 2.09. The van der Waals surface area contributed by atoms with E-state index in [9.17, 15) is 18.0 Å². The van der Waals surface area contributed by atoms with Gasteiger partial charge in [0.1, 0.15) is 0 Å². The van der Waals surface area contributed by atoms with Crippen LogP contribution in [0.5, 0.6) is 5.88 Å². The summed E-state index contributed by atoms with van der Waals surface area (Å²) in [5.41, 5.74) is -0.459. The Morgan fingerprint density at radius 2 is 2.20 bits per heavy atom. The van der Waals surface area contributed by atoms with Crippen LogP contribution in [0.25, 0.3) is 5.65 Å². The molecular formula is C7H4F3N3O2. The highest BCUT2D eigenvalue weighted by molar-refractivity contribution is 5.40. The van der Waals surface area contributed by atoms with Gasteiger partial charge >= 0.3 is 6.36 Å². The largest absolute Gasteiger partial charge is 0.574 e. The van der Waals surface area contributed by atoms with Gasteiger partial charge < -0.3 is 4.74 Å². The number of rotatable bonds is 1. The maximum absolute atomic E-state index is 11.8. The Kier molecular flexibility index (Phi) is 1.92. The number of fused-ring (bicyclic) bond motifs is 1. The van der Waals surface area contributed by atoms with E-state index in [1.54, 1.807) is 0 Å². The fourth-order valence-corrected chi connectivity index (χ4v) is 1.07. The van der Waals surface area contributed by atoms with Crippen molar-refractivity contribution in [1.82, 2.24) is 14.6 Å². The molecule has 0 fully saturated rings. The summed E-state index contributed by atoms with van der Waals surface area (Å²) in [7, 11) is 0. The molecule has 80 valence electrons. The average Bonchev–Trinajstić information content (AvgIpc) is 2.45. The molecule has 0 unspecified atom stereocenters. The van der Waals surface area contributed by atoms with Crippen molar-refractivity contribution in [3.05, 3.63) is 28.7 Å². The van der Waals surface area contributed by atoms with Crippen molar-refractivity contribution >= 4 is 5.65 Å². The normalized spacial score (nSPS) is 11.9. The number of H-pyrrole nitrogens is 1. The van der Waals surface area contributed by atoms with Gasteiger partial charge in [-0.1, -0.05) is 0 Å². The molecule has 2 heterocycles. The second-order valence-electron chi connectivity index (χ2n) is 2.64. The van der Waals surface area contributed by atoms with Crippen molar-refractivity contribution in [2.75, 3.05) is 0 Å². The number of hydrogen-bond donors (Lipinski definition) is 1. The van der Waals surface area contributed by atoms with Crippen LogP contribution < -0.4 is 10.3 Å².